The molecule has 3 saturated heterocycles. The highest BCUT2D eigenvalue weighted by Gasteiger charge is 2.40. The number of carbonyl (C=O) groups is 2. The van der Waals surface area contributed by atoms with Crippen molar-refractivity contribution in [2.45, 2.75) is 90.4 Å². The number of carbonyl (C=O) groups excluding carboxylic acids is 2. The van der Waals surface area contributed by atoms with Crippen molar-refractivity contribution in [1.82, 2.24) is 25.3 Å². The molecule has 1 aromatic carbocycles. The minimum Gasteiger partial charge on any atom is -0.358 e. The number of hydrogen-bond acceptors (Lipinski definition) is 8. The third kappa shape index (κ3) is 7.72. The molecule has 47 heavy (non-hydrogen) atoms. The molecule has 4 atom stereocenters. The standard InChI is InChI=1S/C36H49FN6O3S/c1-23(2)33(31-19-32(40-46-31)42-17-13-26(14-18-42)20-41-15-5-7-29(37)21-41)36(45)43-16-6-8-30(43)35(44)39-24(3)27-9-11-28(12-10-27)34-25(4)38-22-47-34/h9-12,19,22-24,26,29-30,33H,5-8,13-18,20-21H2,1-4H3,(H,39,44). The van der Waals surface area contributed by atoms with Crippen molar-refractivity contribution in [1.29, 1.82) is 0 Å². The maximum atomic E-state index is 14.1. The van der Waals surface area contributed by atoms with E-state index in [1.54, 1.807) is 16.2 Å². The summed E-state index contributed by atoms with van der Waals surface area (Å²) in [5.74, 6) is 1.13. The van der Waals surface area contributed by atoms with Gasteiger partial charge in [0.05, 0.1) is 22.1 Å². The minimum atomic E-state index is -0.689. The number of hydrogen-bond donors (Lipinski definition) is 1. The predicted molar refractivity (Wildman–Crippen MR) is 183 cm³/mol. The molecule has 3 aromatic rings. The van der Waals surface area contributed by atoms with Crippen molar-refractivity contribution in [2.24, 2.45) is 11.8 Å². The summed E-state index contributed by atoms with van der Waals surface area (Å²) >= 11 is 1.62. The van der Waals surface area contributed by atoms with Crippen molar-refractivity contribution in [3.8, 4) is 10.4 Å². The van der Waals surface area contributed by atoms with E-state index in [0.29, 0.717) is 37.6 Å². The molecule has 3 aliphatic heterocycles. The zero-order valence-electron chi connectivity index (χ0n) is 28.2. The Morgan fingerprint density at radius 2 is 1.79 bits per heavy atom. The first-order valence-electron chi connectivity index (χ1n) is 17.4. The van der Waals surface area contributed by atoms with Gasteiger partial charge in [-0.2, -0.15) is 0 Å². The van der Waals surface area contributed by atoms with Crippen LogP contribution >= 0.6 is 11.3 Å². The fourth-order valence-electron chi connectivity index (χ4n) is 7.56. The summed E-state index contributed by atoms with van der Waals surface area (Å²) in [6.45, 7) is 12.8. The molecule has 0 saturated carbocycles. The summed E-state index contributed by atoms with van der Waals surface area (Å²) in [7, 11) is 0. The lowest BCUT2D eigenvalue weighted by molar-refractivity contribution is -0.141. The van der Waals surface area contributed by atoms with E-state index in [1.807, 2.05) is 51.4 Å². The van der Waals surface area contributed by atoms with Gasteiger partial charge in [-0.05, 0) is 81.9 Å². The molecule has 11 heteroatoms. The van der Waals surface area contributed by atoms with Crippen LogP contribution in [0.1, 0.15) is 88.3 Å². The van der Waals surface area contributed by atoms with E-state index in [1.165, 1.54) is 0 Å². The number of rotatable bonds is 10. The molecule has 4 unspecified atom stereocenters. The third-order valence-electron chi connectivity index (χ3n) is 10.3. The molecular formula is C36H49FN6O3S. The number of amides is 2. The Balaban J connectivity index is 1.05. The highest BCUT2D eigenvalue weighted by atomic mass is 32.1. The zero-order valence-corrected chi connectivity index (χ0v) is 29.0. The lowest BCUT2D eigenvalue weighted by atomic mass is 9.91. The normalized spacial score (nSPS) is 22.5. The Bertz CT molecular complexity index is 1500. The maximum absolute atomic E-state index is 14.1. The molecule has 6 rings (SSSR count). The van der Waals surface area contributed by atoms with Gasteiger partial charge in [0.2, 0.25) is 11.8 Å². The van der Waals surface area contributed by atoms with E-state index >= 15 is 0 Å². The summed E-state index contributed by atoms with van der Waals surface area (Å²) < 4.78 is 19.7. The van der Waals surface area contributed by atoms with E-state index in [2.05, 4.69) is 37.4 Å². The van der Waals surface area contributed by atoms with Gasteiger partial charge in [-0.15, -0.1) is 11.3 Å². The molecule has 1 N–H and O–H groups in total. The van der Waals surface area contributed by atoms with Gasteiger partial charge in [-0.3, -0.25) is 9.59 Å². The van der Waals surface area contributed by atoms with Gasteiger partial charge in [0, 0.05) is 38.8 Å². The number of alkyl halides is 1. The lowest BCUT2D eigenvalue weighted by Gasteiger charge is -2.36. The molecule has 3 aliphatic rings. The number of thiazole rings is 1. The zero-order chi connectivity index (χ0) is 33.1. The fourth-order valence-corrected chi connectivity index (χ4v) is 8.37. The molecule has 0 spiro atoms. The third-order valence-corrected chi connectivity index (χ3v) is 11.3. The van der Waals surface area contributed by atoms with Gasteiger partial charge in [-0.1, -0.05) is 43.3 Å². The Morgan fingerprint density at radius 3 is 2.47 bits per heavy atom. The topological polar surface area (TPSA) is 94.8 Å². The van der Waals surface area contributed by atoms with Crippen molar-refractivity contribution >= 4 is 29.0 Å². The van der Waals surface area contributed by atoms with E-state index in [-0.39, 0.29) is 23.8 Å². The monoisotopic (exact) mass is 664 g/mol. The summed E-state index contributed by atoms with van der Waals surface area (Å²) in [5.41, 5.74) is 4.99. The summed E-state index contributed by atoms with van der Waals surface area (Å²) in [4.78, 5) is 39.4. The molecule has 2 aromatic heterocycles. The van der Waals surface area contributed by atoms with E-state index in [4.69, 9.17) is 4.52 Å². The molecule has 254 valence electrons. The first-order chi connectivity index (χ1) is 22.7. The molecule has 2 amide bonds. The molecule has 0 bridgehead atoms. The number of halogens is 1. The van der Waals surface area contributed by atoms with Crippen molar-refractivity contribution in [2.75, 3.05) is 44.2 Å². The average Bonchev–Trinajstić information content (AvgIpc) is 3.83. The van der Waals surface area contributed by atoms with E-state index in [0.717, 1.165) is 79.4 Å². The van der Waals surface area contributed by atoms with Crippen LogP contribution in [0, 0.1) is 18.8 Å². The molecular weight excluding hydrogens is 616 g/mol. The number of aryl methyl sites for hydroxylation is 1. The van der Waals surface area contributed by atoms with Crippen molar-refractivity contribution in [3.63, 3.8) is 0 Å². The van der Waals surface area contributed by atoms with Crippen LogP contribution in [0.4, 0.5) is 10.2 Å². The second kappa shape index (κ2) is 14.8. The molecule has 5 heterocycles. The summed E-state index contributed by atoms with van der Waals surface area (Å²) in [6.07, 6.45) is 4.43. The van der Waals surface area contributed by atoms with Gasteiger partial charge in [0.25, 0.3) is 0 Å². The van der Waals surface area contributed by atoms with Crippen LogP contribution in [0.5, 0.6) is 0 Å². The molecule has 0 aliphatic carbocycles. The number of anilines is 1. The van der Waals surface area contributed by atoms with Crippen LogP contribution in [0.25, 0.3) is 10.4 Å². The summed E-state index contributed by atoms with van der Waals surface area (Å²) in [6, 6.07) is 9.45. The lowest BCUT2D eigenvalue weighted by Crippen LogP contribution is -2.48. The Morgan fingerprint density at radius 1 is 1.04 bits per heavy atom. The smallest absolute Gasteiger partial charge is 0.243 e. The number of aromatic nitrogens is 2. The van der Waals surface area contributed by atoms with Crippen molar-refractivity contribution in [3.05, 3.63) is 52.9 Å². The van der Waals surface area contributed by atoms with Gasteiger partial charge in [-0.25, -0.2) is 9.37 Å². The number of nitrogens with zero attached hydrogens (tertiary/aromatic N) is 5. The van der Waals surface area contributed by atoms with Crippen LogP contribution in [-0.4, -0.2) is 83.2 Å². The number of likely N-dealkylation sites (tertiary alicyclic amines) is 2. The largest absolute Gasteiger partial charge is 0.358 e. The first kappa shape index (κ1) is 33.6. The van der Waals surface area contributed by atoms with Crippen LogP contribution in [-0.2, 0) is 9.59 Å². The predicted octanol–water partition coefficient (Wildman–Crippen LogP) is 6.36. The van der Waals surface area contributed by atoms with E-state index in [9.17, 15) is 14.0 Å². The quantitative estimate of drug-likeness (QED) is 0.269. The van der Waals surface area contributed by atoms with Crippen LogP contribution < -0.4 is 10.2 Å². The second-order valence-corrected chi connectivity index (χ2v) is 14.9. The molecule has 3 fully saturated rings. The number of benzene rings is 1. The van der Waals surface area contributed by atoms with Gasteiger partial charge < -0.3 is 24.5 Å². The highest BCUT2D eigenvalue weighted by Crippen LogP contribution is 2.34. The van der Waals surface area contributed by atoms with Gasteiger partial charge in [0.15, 0.2) is 11.6 Å². The second-order valence-electron chi connectivity index (χ2n) is 14.0. The summed E-state index contributed by atoms with van der Waals surface area (Å²) in [5, 5.41) is 7.56. The molecule has 0 radical (unpaired) electrons. The molecule has 9 nitrogen and oxygen atoms in total. The van der Waals surface area contributed by atoms with Crippen molar-refractivity contribution < 1.29 is 18.5 Å². The van der Waals surface area contributed by atoms with E-state index < -0.39 is 18.1 Å². The fraction of sp³-hybridized carbons (Fsp3) is 0.611. The number of piperidine rings is 2. The average molecular weight is 665 g/mol. The number of nitrogens with one attached hydrogen (secondary N) is 1. The van der Waals surface area contributed by atoms with Gasteiger partial charge >= 0.3 is 0 Å². The first-order valence-corrected chi connectivity index (χ1v) is 18.2. The Hall–Kier alpha value is -3.31. The van der Waals surface area contributed by atoms with Crippen LogP contribution in [0.15, 0.2) is 40.4 Å². The SMILES string of the molecule is Cc1ncsc1-c1ccc(C(C)NC(=O)C2CCCN2C(=O)C(c2cc(N3CCC(CN4CCCC(F)C4)CC3)no2)C(C)C)cc1. The maximum Gasteiger partial charge on any atom is 0.243 e. The minimum absolute atomic E-state index is 0.0261. The highest BCUT2D eigenvalue weighted by molar-refractivity contribution is 7.13. The Labute approximate surface area is 281 Å². The van der Waals surface area contributed by atoms with Crippen LogP contribution in [0.3, 0.4) is 0 Å². The Kier molecular flexibility index (Phi) is 10.6. The van der Waals surface area contributed by atoms with Crippen LogP contribution in [0.2, 0.25) is 0 Å². The van der Waals surface area contributed by atoms with Gasteiger partial charge in [0.1, 0.15) is 18.1 Å².